The summed E-state index contributed by atoms with van der Waals surface area (Å²) in [6.07, 6.45) is 4.23. The minimum atomic E-state index is -0.384. The maximum absolute atomic E-state index is 12.4. The van der Waals surface area contributed by atoms with Crippen LogP contribution in [-0.2, 0) is 32.3 Å². The van der Waals surface area contributed by atoms with E-state index in [0.29, 0.717) is 24.4 Å². The van der Waals surface area contributed by atoms with E-state index in [1.165, 1.54) is 54.6 Å². The molecule has 0 bridgehead atoms. The number of ether oxygens (including phenoxy) is 4. The number of benzene rings is 6. The van der Waals surface area contributed by atoms with E-state index >= 15 is 0 Å². The van der Waals surface area contributed by atoms with Gasteiger partial charge in [0.05, 0.1) is 12.2 Å². The van der Waals surface area contributed by atoms with Crippen molar-refractivity contribution in [2.75, 3.05) is 0 Å². The van der Waals surface area contributed by atoms with Gasteiger partial charge in [-0.25, -0.2) is 9.59 Å². The molecule has 0 spiro atoms. The Morgan fingerprint density at radius 2 is 0.833 bits per heavy atom. The molecule has 0 saturated carbocycles. The van der Waals surface area contributed by atoms with Crippen molar-refractivity contribution in [2.45, 2.75) is 37.9 Å². The summed E-state index contributed by atoms with van der Waals surface area (Å²) in [5.74, 6) is 0.788. The molecule has 0 aliphatic carbocycles. The van der Waals surface area contributed by atoms with Crippen LogP contribution in [0.1, 0.15) is 58.1 Å². The van der Waals surface area contributed by atoms with Gasteiger partial charge in [0.2, 0.25) is 0 Å². The van der Waals surface area contributed by atoms with Crippen LogP contribution in [0.4, 0.5) is 0 Å². The Balaban J connectivity index is 0.000000154. The van der Waals surface area contributed by atoms with Gasteiger partial charge in [-0.3, -0.25) is 0 Å². The summed E-state index contributed by atoms with van der Waals surface area (Å²) in [6, 6.07) is 56.9. The molecular weight excluding hydrogens is 785 g/mol. The topological polar surface area (TPSA) is 71.1 Å². The Kier molecular flexibility index (Phi) is 11.7. The fourth-order valence-corrected chi connectivity index (χ4v) is 10.0. The lowest BCUT2D eigenvalue weighted by atomic mass is 9.86. The van der Waals surface area contributed by atoms with E-state index in [2.05, 4.69) is 84.9 Å². The van der Waals surface area contributed by atoms with Crippen molar-refractivity contribution >= 4 is 54.8 Å². The molecule has 6 aromatic carbocycles. The first-order chi connectivity index (χ1) is 29.6. The van der Waals surface area contributed by atoms with Crippen LogP contribution >= 0.6 is 22.7 Å². The van der Waals surface area contributed by atoms with Crippen LogP contribution in [-0.4, -0.2) is 11.9 Å². The smallest absolute Gasteiger partial charge is 0.334 e. The van der Waals surface area contributed by atoms with Gasteiger partial charge in [-0.1, -0.05) is 180 Å². The first-order valence-electron chi connectivity index (χ1n) is 19.9. The number of hydrogen-bond donors (Lipinski definition) is 0. The van der Waals surface area contributed by atoms with Gasteiger partial charge < -0.3 is 18.9 Å². The largest absolute Gasteiger partial charge is 0.458 e. The second-order valence-electron chi connectivity index (χ2n) is 14.5. The van der Waals surface area contributed by atoms with Crippen molar-refractivity contribution in [3.05, 3.63) is 227 Å². The molecule has 2 aromatic heterocycles. The molecule has 0 unspecified atom stereocenters. The molecule has 60 heavy (non-hydrogen) atoms. The average Bonchev–Trinajstić information content (AvgIpc) is 3.87. The summed E-state index contributed by atoms with van der Waals surface area (Å²) < 4.78 is 25.6. The predicted molar refractivity (Wildman–Crippen MR) is 239 cm³/mol. The number of carbonyl (C=O) groups is 2. The monoisotopic (exact) mass is 824 g/mol. The number of allylic oxidation sites excluding steroid dienone is 2. The van der Waals surface area contributed by atoms with Crippen LogP contribution in [0.25, 0.3) is 20.2 Å². The Morgan fingerprint density at radius 1 is 0.483 bits per heavy atom. The van der Waals surface area contributed by atoms with Crippen molar-refractivity contribution in [3.63, 3.8) is 0 Å². The van der Waals surface area contributed by atoms with Crippen molar-refractivity contribution in [1.29, 1.82) is 0 Å². The molecule has 10 rings (SSSR count). The fourth-order valence-electron chi connectivity index (χ4n) is 7.75. The van der Waals surface area contributed by atoms with E-state index in [1.807, 2.05) is 84.9 Å². The minimum absolute atomic E-state index is 0.138. The van der Waals surface area contributed by atoms with Gasteiger partial charge >= 0.3 is 11.9 Å². The fraction of sp³-hybridized carbons (Fsp3) is 0.115. The third-order valence-electron chi connectivity index (χ3n) is 10.6. The van der Waals surface area contributed by atoms with Crippen LogP contribution in [0.3, 0.4) is 0 Å². The van der Waals surface area contributed by atoms with Crippen LogP contribution in [0.2, 0.25) is 0 Å². The molecule has 0 N–H and O–H groups in total. The molecule has 0 fully saturated rings. The highest BCUT2D eigenvalue weighted by Crippen LogP contribution is 2.51. The maximum Gasteiger partial charge on any atom is 0.334 e. The second-order valence-corrected chi connectivity index (χ2v) is 16.6. The number of rotatable bonds is 8. The van der Waals surface area contributed by atoms with Gasteiger partial charge in [0.1, 0.15) is 24.7 Å². The van der Waals surface area contributed by atoms with E-state index in [0.717, 1.165) is 21.3 Å². The molecule has 6 nitrogen and oxygen atoms in total. The Bertz CT molecular complexity index is 2610. The third-order valence-corrected chi connectivity index (χ3v) is 12.7. The van der Waals surface area contributed by atoms with Crippen LogP contribution in [0.15, 0.2) is 194 Å². The maximum atomic E-state index is 12.4. The average molecular weight is 825 g/mol. The highest BCUT2D eigenvalue weighted by Gasteiger charge is 2.32. The number of hydrogen-bond acceptors (Lipinski definition) is 8. The summed E-state index contributed by atoms with van der Waals surface area (Å²) in [5.41, 5.74) is 6.77. The van der Waals surface area contributed by atoms with E-state index in [-0.39, 0.29) is 37.0 Å². The summed E-state index contributed by atoms with van der Waals surface area (Å²) >= 11 is 3.25. The third kappa shape index (κ3) is 8.81. The zero-order valence-corrected chi connectivity index (χ0v) is 34.2. The number of thiophene rings is 2. The van der Waals surface area contributed by atoms with Crippen LogP contribution < -0.4 is 9.47 Å². The van der Waals surface area contributed by atoms with E-state index in [4.69, 9.17) is 18.9 Å². The standard InChI is InChI=1S/2C26H20O3S/c2*27-24(28-17-18-9-3-1-4-10-18)16-20-15-22(19-11-5-2-6-12-19)25-21-13-7-8-14-23(21)30-26(25)29-20/h2*1-14,16,22H,15,17H2/b2*20-16+/t2*22-/m11/s1. The highest BCUT2D eigenvalue weighted by molar-refractivity contribution is 7.21. The molecule has 2 atom stereocenters. The zero-order valence-electron chi connectivity index (χ0n) is 32.6. The van der Waals surface area contributed by atoms with Crippen LogP contribution in [0, 0.1) is 0 Å². The Hall–Kier alpha value is -6.74. The summed E-state index contributed by atoms with van der Waals surface area (Å²) in [5, 5.41) is 4.16. The first-order valence-corrected chi connectivity index (χ1v) is 21.5. The quantitative estimate of drug-likeness (QED) is 0.112. The molecule has 0 saturated heterocycles. The Morgan fingerprint density at radius 3 is 1.23 bits per heavy atom. The van der Waals surface area contributed by atoms with E-state index in [1.54, 1.807) is 22.7 Å². The van der Waals surface area contributed by atoms with Gasteiger partial charge in [0.25, 0.3) is 0 Å². The minimum Gasteiger partial charge on any atom is -0.458 e. The molecule has 2 aliphatic heterocycles. The van der Waals surface area contributed by atoms with Crippen molar-refractivity contribution in [2.24, 2.45) is 0 Å². The second kappa shape index (κ2) is 18.0. The predicted octanol–water partition coefficient (Wildman–Crippen LogP) is 12.9. The van der Waals surface area contributed by atoms with Crippen LogP contribution in [0.5, 0.6) is 10.1 Å². The van der Waals surface area contributed by atoms with Gasteiger partial charge in [0.15, 0.2) is 10.1 Å². The molecule has 2 aliphatic rings. The molecule has 8 aromatic rings. The lowest BCUT2D eigenvalue weighted by Crippen LogP contribution is -2.14. The molecular formula is C52H40O6S2. The van der Waals surface area contributed by atoms with Gasteiger partial charge in [-0.15, -0.1) is 0 Å². The molecule has 0 radical (unpaired) electrons. The summed E-state index contributed by atoms with van der Waals surface area (Å²) in [4.78, 5) is 24.9. The highest BCUT2D eigenvalue weighted by atomic mass is 32.1. The summed E-state index contributed by atoms with van der Waals surface area (Å²) in [7, 11) is 0. The summed E-state index contributed by atoms with van der Waals surface area (Å²) in [6.45, 7) is 0.499. The van der Waals surface area contributed by atoms with E-state index in [9.17, 15) is 9.59 Å². The molecule has 0 amide bonds. The van der Waals surface area contributed by atoms with Crippen molar-refractivity contribution in [3.8, 4) is 10.1 Å². The molecule has 8 heteroatoms. The number of esters is 2. The number of carbonyl (C=O) groups excluding carboxylic acids is 2. The lowest BCUT2D eigenvalue weighted by molar-refractivity contribution is -0.140. The van der Waals surface area contributed by atoms with E-state index < -0.39 is 0 Å². The SMILES string of the molecule is O=C(/C=C1\C[C@H](c2ccccc2)c2c(sc3ccccc23)O1)OCc1ccccc1.O=C(/C=C1\C[C@H](c2ccccc2)c2c(sc3ccccc23)O1)OCc1ccccc1. The van der Waals surface area contributed by atoms with Gasteiger partial charge in [-0.2, -0.15) is 0 Å². The Labute approximate surface area is 356 Å². The zero-order chi connectivity index (χ0) is 40.7. The lowest BCUT2D eigenvalue weighted by Gasteiger charge is -2.25. The van der Waals surface area contributed by atoms with Gasteiger partial charge in [0, 0.05) is 56.0 Å². The molecule has 296 valence electrons. The molecule has 4 heterocycles. The van der Waals surface area contributed by atoms with Gasteiger partial charge in [-0.05, 0) is 34.4 Å². The normalized spacial score (nSPS) is 16.8. The number of fused-ring (bicyclic) bond motifs is 6. The first kappa shape index (κ1) is 38.8. The van der Waals surface area contributed by atoms with Crippen molar-refractivity contribution in [1.82, 2.24) is 0 Å². The van der Waals surface area contributed by atoms with Crippen molar-refractivity contribution < 1.29 is 28.5 Å².